The van der Waals surface area contributed by atoms with Crippen LogP contribution in [0.1, 0.15) is 49.1 Å². The van der Waals surface area contributed by atoms with E-state index in [0.717, 1.165) is 30.8 Å². The highest BCUT2D eigenvalue weighted by atomic mass is 16.2. The van der Waals surface area contributed by atoms with Gasteiger partial charge in [0.15, 0.2) is 0 Å². The Morgan fingerprint density at radius 2 is 1.68 bits per heavy atom. The number of hydrogen-bond donors (Lipinski definition) is 2. The zero-order valence-corrected chi connectivity index (χ0v) is 20.3. The molecule has 5 nitrogen and oxygen atoms in total. The molecule has 0 saturated heterocycles. The second-order valence-corrected chi connectivity index (χ2v) is 9.39. The molecule has 0 radical (unpaired) electrons. The van der Waals surface area contributed by atoms with E-state index in [-0.39, 0.29) is 5.91 Å². The number of aromatic nitrogens is 2. The van der Waals surface area contributed by atoms with Crippen LogP contribution in [0.4, 0.5) is 0 Å². The summed E-state index contributed by atoms with van der Waals surface area (Å²) in [6.07, 6.45) is 2.67. The van der Waals surface area contributed by atoms with Crippen molar-refractivity contribution in [2.75, 3.05) is 0 Å². The van der Waals surface area contributed by atoms with E-state index in [2.05, 4.69) is 83.5 Å². The predicted octanol–water partition coefficient (Wildman–Crippen LogP) is 4.79. The lowest BCUT2D eigenvalue weighted by molar-refractivity contribution is -0.125. The van der Waals surface area contributed by atoms with Gasteiger partial charge in [0.05, 0.1) is 17.8 Å². The van der Waals surface area contributed by atoms with Crippen molar-refractivity contribution in [2.24, 2.45) is 5.73 Å². The summed E-state index contributed by atoms with van der Waals surface area (Å²) in [6, 6.07) is 25.4. The molecule has 0 aliphatic carbocycles. The number of carbonyl (C=O) groups excluding carboxylic acids is 1. The minimum Gasteiger partial charge on any atom is -0.347 e. The maximum Gasteiger partial charge on any atom is 0.239 e. The van der Waals surface area contributed by atoms with Gasteiger partial charge in [0.2, 0.25) is 5.91 Å². The lowest BCUT2D eigenvalue weighted by atomic mass is 10.0. The lowest BCUT2D eigenvalue weighted by Gasteiger charge is -2.19. The fourth-order valence-electron chi connectivity index (χ4n) is 4.37. The molecule has 1 amide bonds. The molecule has 0 atom stereocenters. The largest absolute Gasteiger partial charge is 0.347 e. The Kier molecular flexibility index (Phi) is 7.13. The molecule has 0 unspecified atom stereocenters. The normalized spacial score (nSPS) is 11.6. The molecule has 3 aromatic carbocycles. The molecule has 4 rings (SSSR count). The first kappa shape index (κ1) is 23.7. The molecule has 0 bridgehead atoms. The molecule has 5 heteroatoms. The third-order valence-corrected chi connectivity index (χ3v) is 6.26. The summed E-state index contributed by atoms with van der Waals surface area (Å²) in [7, 11) is 0. The summed E-state index contributed by atoms with van der Waals surface area (Å²) in [6.45, 7) is 6.63. The molecule has 176 valence electrons. The number of fused-ring (bicyclic) bond motifs is 1. The Labute approximate surface area is 202 Å². The van der Waals surface area contributed by atoms with Crippen molar-refractivity contribution in [2.45, 2.75) is 58.7 Å². The second kappa shape index (κ2) is 10.2. The first-order valence-corrected chi connectivity index (χ1v) is 12.0. The van der Waals surface area contributed by atoms with Gasteiger partial charge in [-0.25, -0.2) is 4.98 Å². The van der Waals surface area contributed by atoms with Gasteiger partial charge in [-0.2, -0.15) is 0 Å². The lowest BCUT2D eigenvalue weighted by Crippen LogP contribution is -2.49. The number of benzene rings is 3. The molecular weight excluding hydrogens is 420 g/mol. The standard InChI is InChI=1S/C29H34N4O/c1-4-25-26(18-17-21-11-6-5-7-12-21)33(27(32-25)19-31-28(34)29(2,3)30)20-23-15-10-14-22-13-8-9-16-24(22)23/h5-16H,4,17-20,30H2,1-3H3,(H,31,34). The summed E-state index contributed by atoms with van der Waals surface area (Å²) >= 11 is 0. The maximum absolute atomic E-state index is 12.5. The number of aryl methyl sites for hydroxylation is 2. The van der Waals surface area contributed by atoms with Crippen LogP contribution in [0.15, 0.2) is 72.8 Å². The van der Waals surface area contributed by atoms with E-state index in [1.165, 1.54) is 27.6 Å². The van der Waals surface area contributed by atoms with Crippen molar-refractivity contribution in [3.8, 4) is 0 Å². The number of nitrogens with two attached hydrogens (primary N) is 1. The van der Waals surface area contributed by atoms with E-state index >= 15 is 0 Å². The number of carbonyl (C=O) groups is 1. The Hall–Kier alpha value is -3.44. The number of hydrogen-bond acceptors (Lipinski definition) is 3. The summed E-state index contributed by atoms with van der Waals surface area (Å²) in [5.74, 6) is 0.682. The van der Waals surface area contributed by atoms with Gasteiger partial charge in [-0.15, -0.1) is 0 Å². The third-order valence-electron chi connectivity index (χ3n) is 6.26. The van der Waals surface area contributed by atoms with Crippen molar-refractivity contribution in [1.29, 1.82) is 0 Å². The summed E-state index contributed by atoms with van der Waals surface area (Å²) in [5, 5.41) is 5.46. The molecule has 34 heavy (non-hydrogen) atoms. The Morgan fingerprint density at radius 1 is 0.971 bits per heavy atom. The van der Waals surface area contributed by atoms with Crippen LogP contribution in [0.3, 0.4) is 0 Å². The first-order chi connectivity index (χ1) is 16.4. The first-order valence-electron chi connectivity index (χ1n) is 12.0. The third kappa shape index (κ3) is 5.37. The van der Waals surface area contributed by atoms with Crippen LogP contribution < -0.4 is 11.1 Å². The van der Waals surface area contributed by atoms with Gasteiger partial charge in [-0.05, 0) is 55.0 Å². The van der Waals surface area contributed by atoms with Crippen LogP contribution in [0.5, 0.6) is 0 Å². The van der Waals surface area contributed by atoms with Crippen LogP contribution >= 0.6 is 0 Å². The Morgan fingerprint density at radius 3 is 2.41 bits per heavy atom. The molecule has 4 aromatic rings. The number of nitrogens with zero attached hydrogens (tertiary/aromatic N) is 2. The second-order valence-electron chi connectivity index (χ2n) is 9.39. The van der Waals surface area contributed by atoms with E-state index in [9.17, 15) is 4.79 Å². The molecule has 1 heterocycles. The SMILES string of the molecule is CCc1nc(CNC(=O)C(C)(C)N)n(Cc2cccc3ccccc23)c1CCc1ccccc1. The van der Waals surface area contributed by atoms with Gasteiger partial charge in [-0.3, -0.25) is 4.79 Å². The van der Waals surface area contributed by atoms with Crippen LogP contribution in [0.25, 0.3) is 10.8 Å². The van der Waals surface area contributed by atoms with Crippen molar-refractivity contribution in [3.63, 3.8) is 0 Å². The van der Waals surface area contributed by atoms with Crippen molar-refractivity contribution < 1.29 is 4.79 Å². The highest BCUT2D eigenvalue weighted by Crippen LogP contribution is 2.23. The average Bonchev–Trinajstić information content (AvgIpc) is 3.17. The minimum atomic E-state index is -0.934. The van der Waals surface area contributed by atoms with Crippen LogP contribution in [0.2, 0.25) is 0 Å². The maximum atomic E-state index is 12.5. The predicted molar refractivity (Wildman–Crippen MR) is 139 cm³/mol. The van der Waals surface area contributed by atoms with Gasteiger partial charge in [0.1, 0.15) is 5.82 Å². The summed E-state index contributed by atoms with van der Waals surface area (Å²) in [4.78, 5) is 17.5. The zero-order valence-electron chi connectivity index (χ0n) is 20.3. The average molecular weight is 455 g/mol. The molecule has 0 saturated carbocycles. The van der Waals surface area contributed by atoms with Crippen LogP contribution in [0, 0.1) is 0 Å². The van der Waals surface area contributed by atoms with Crippen LogP contribution in [-0.4, -0.2) is 21.0 Å². The summed E-state index contributed by atoms with van der Waals surface area (Å²) < 4.78 is 2.30. The van der Waals surface area contributed by atoms with Gasteiger partial charge in [0.25, 0.3) is 0 Å². The van der Waals surface area contributed by atoms with Gasteiger partial charge < -0.3 is 15.6 Å². The fourth-order valence-corrected chi connectivity index (χ4v) is 4.37. The topological polar surface area (TPSA) is 72.9 Å². The number of amides is 1. The molecule has 3 N–H and O–H groups in total. The molecular formula is C29H34N4O. The van der Waals surface area contributed by atoms with Crippen LogP contribution in [-0.2, 0) is 37.1 Å². The summed E-state index contributed by atoms with van der Waals surface area (Å²) in [5.41, 5.74) is 9.94. The monoisotopic (exact) mass is 454 g/mol. The van der Waals surface area contributed by atoms with Gasteiger partial charge >= 0.3 is 0 Å². The molecule has 0 aliphatic rings. The quantitative estimate of drug-likeness (QED) is 0.382. The zero-order chi connectivity index (χ0) is 24.1. The highest BCUT2D eigenvalue weighted by Gasteiger charge is 2.23. The van der Waals surface area contributed by atoms with E-state index in [1.807, 2.05) is 6.07 Å². The molecule has 0 aliphatic heterocycles. The molecule has 1 aromatic heterocycles. The van der Waals surface area contributed by atoms with E-state index < -0.39 is 5.54 Å². The smallest absolute Gasteiger partial charge is 0.239 e. The van der Waals surface area contributed by atoms with Gasteiger partial charge in [-0.1, -0.05) is 79.7 Å². The molecule has 0 fully saturated rings. The van der Waals surface area contributed by atoms with E-state index in [0.29, 0.717) is 13.1 Å². The number of imidazole rings is 1. The van der Waals surface area contributed by atoms with Gasteiger partial charge in [0, 0.05) is 12.2 Å². The fraction of sp³-hybridized carbons (Fsp3) is 0.310. The van der Waals surface area contributed by atoms with E-state index in [1.54, 1.807) is 13.8 Å². The van der Waals surface area contributed by atoms with Crippen molar-refractivity contribution >= 4 is 16.7 Å². The minimum absolute atomic E-state index is 0.184. The van der Waals surface area contributed by atoms with Crippen molar-refractivity contribution in [1.82, 2.24) is 14.9 Å². The molecule has 0 spiro atoms. The van der Waals surface area contributed by atoms with Crippen molar-refractivity contribution in [3.05, 3.63) is 101 Å². The van der Waals surface area contributed by atoms with E-state index in [4.69, 9.17) is 10.7 Å². The Bertz CT molecular complexity index is 1260. The highest BCUT2D eigenvalue weighted by molar-refractivity contribution is 5.86. The number of nitrogens with one attached hydrogen (secondary N) is 1. The number of rotatable bonds is 9. The Balaban J connectivity index is 1.71.